The highest BCUT2D eigenvalue weighted by Gasteiger charge is 2.23. The topological polar surface area (TPSA) is 60.4 Å². The predicted octanol–water partition coefficient (Wildman–Crippen LogP) is 6.46. The van der Waals surface area contributed by atoms with E-state index in [1.165, 1.54) is 0 Å². The molecule has 0 aliphatic heterocycles. The lowest BCUT2D eigenvalue weighted by molar-refractivity contribution is -0.117. The van der Waals surface area contributed by atoms with Crippen molar-refractivity contribution in [2.24, 2.45) is 0 Å². The van der Waals surface area contributed by atoms with Crippen LogP contribution in [0.5, 0.6) is 5.75 Å². The van der Waals surface area contributed by atoms with Gasteiger partial charge in [0.1, 0.15) is 17.1 Å². The van der Waals surface area contributed by atoms with Crippen LogP contribution in [0.1, 0.15) is 37.5 Å². The minimum absolute atomic E-state index is 0.0471. The zero-order valence-electron chi connectivity index (χ0n) is 18.8. The molecule has 0 N–H and O–H groups in total. The Hall–Kier alpha value is -2.34. The van der Waals surface area contributed by atoms with Crippen LogP contribution in [-0.4, -0.2) is 20.0 Å². The van der Waals surface area contributed by atoms with Gasteiger partial charge in [0.25, 0.3) is 0 Å². The Labute approximate surface area is 205 Å². The molecule has 0 fully saturated rings. The maximum absolute atomic E-state index is 12.5. The molecule has 174 valence electrons. The lowest BCUT2D eigenvalue weighted by atomic mass is 9.98. The Bertz CT molecular complexity index is 1230. The molecule has 0 saturated heterocycles. The Morgan fingerprint density at radius 2 is 1.39 bits per heavy atom. The van der Waals surface area contributed by atoms with E-state index < -0.39 is 15.4 Å². The summed E-state index contributed by atoms with van der Waals surface area (Å²) in [6.45, 7) is 5.50. The molecule has 0 aliphatic carbocycles. The predicted molar refractivity (Wildman–Crippen MR) is 133 cm³/mol. The van der Waals surface area contributed by atoms with Gasteiger partial charge >= 0.3 is 0 Å². The minimum atomic E-state index is -3.24. The van der Waals surface area contributed by atoms with Crippen molar-refractivity contribution < 1.29 is 17.9 Å². The zero-order valence-corrected chi connectivity index (χ0v) is 21.1. The van der Waals surface area contributed by atoms with Crippen molar-refractivity contribution in [2.75, 3.05) is 5.75 Å². The van der Waals surface area contributed by atoms with Gasteiger partial charge in [0, 0.05) is 12.8 Å². The van der Waals surface area contributed by atoms with Crippen LogP contribution in [0.15, 0.2) is 71.6 Å². The Morgan fingerprint density at radius 1 is 0.848 bits per heavy atom. The molecule has 3 rings (SSSR count). The van der Waals surface area contributed by atoms with Crippen LogP contribution >= 0.6 is 23.2 Å². The first-order chi connectivity index (χ1) is 15.5. The summed E-state index contributed by atoms with van der Waals surface area (Å²) in [4.78, 5) is 12.8. The molecule has 0 heterocycles. The number of Topliss-reactive ketones (excluding diaryl/α,β-unsaturated/α-hetero) is 1. The fraction of sp³-hybridized carbons (Fsp3) is 0.269. The SMILES string of the molecule is CCS(=O)(=O)c1ccc(CC(=O)Cc2ccc(OC(C)(C)c3ccc(Cl)c(Cl)c3)cc2)cc1. The van der Waals surface area contributed by atoms with Crippen molar-refractivity contribution in [3.8, 4) is 5.75 Å². The van der Waals surface area contributed by atoms with Crippen LogP contribution in [0.2, 0.25) is 10.0 Å². The second-order valence-corrected chi connectivity index (χ2v) is 11.4. The fourth-order valence-corrected chi connectivity index (χ4v) is 4.58. The van der Waals surface area contributed by atoms with Gasteiger partial charge in [0.05, 0.1) is 20.7 Å². The van der Waals surface area contributed by atoms with Crippen LogP contribution < -0.4 is 4.74 Å². The highest BCUT2D eigenvalue weighted by atomic mass is 35.5. The van der Waals surface area contributed by atoms with Crippen LogP contribution in [0.4, 0.5) is 0 Å². The van der Waals surface area contributed by atoms with E-state index in [0.717, 1.165) is 16.7 Å². The molecule has 0 amide bonds. The fourth-order valence-electron chi connectivity index (χ4n) is 3.40. The minimum Gasteiger partial charge on any atom is -0.483 e. The first-order valence-electron chi connectivity index (χ1n) is 10.6. The van der Waals surface area contributed by atoms with Gasteiger partial charge in [-0.2, -0.15) is 0 Å². The van der Waals surface area contributed by atoms with E-state index in [1.807, 2.05) is 44.2 Å². The van der Waals surface area contributed by atoms with Gasteiger partial charge in [-0.3, -0.25) is 4.79 Å². The molecule has 0 unspecified atom stereocenters. The van der Waals surface area contributed by atoms with E-state index in [2.05, 4.69) is 0 Å². The molecule has 0 aromatic heterocycles. The van der Waals surface area contributed by atoms with Crippen molar-refractivity contribution in [1.82, 2.24) is 0 Å². The number of hydrogen-bond acceptors (Lipinski definition) is 4. The molecule has 0 spiro atoms. The van der Waals surface area contributed by atoms with Gasteiger partial charge in [0.2, 0.25) is 0 Å². The van der Waals surface area contributed by atoms with Gasteiger partial charge < -0.3 is 4.74 Å². The van der Waals surface area contributed by atoms with E-state index in [-0.39, 0.29) is 29.3 Å². The van der Waals surface area contributed by atoms with Gasteiger partial charge in [-0.1, -0.05) is 60.5 Å². The lowest BCUT2D eigenvalue weighted by Gasteiger charge is -2.27. The normalized spacial score (nSPS) is 11.9. The highest BCUT2D eigenvalue weighted by Crippen LogP contribution is 2.32. The zero-order chi connectivity index (χ0) is 24.2. The van der Waals surface area contributed by atoms with Crippen molar-refractivity contribution in [2.45, 2.75) is 44.1 Å². The number of ether oxygens (including phenoxy) is 1. The van der Waals surface area contributed by atoms with Crippen LogP contribution in [0.3, 0.4) is 0 Å². The third-order valence-corrected chi connectivity index (χ3v) is 7.87. The summed E-state index contributed by atoms with van der Waals surface area (Å²) < 4.78 is 30.0. The number of sulfone groups is 1. The third-order valence-electron chi connectivity index (χ3n) is 5.38. The summed E-state index contributed by atoms with van der Waals surface area (Å²) >= 11 is 12.1. The van der Waals surface area contributed by atoms with E-state index in [9.17, 15) is 13.2 Å². The Kier molecular flexibility index (Phi) is 7.88. The maximum Gasteiger partial charge on any atom is 0.178 e. The molecular formula is C26H26Cl2O4S. The van der Waals surface area contributed by atoms with E-state index in [1.54, 1.807) is 43.3 Å². The van der Waals surface area contributed by atoms with Gasteiger partial charge in [-0.05, 0) is 66.9 Å². The summed E-state index contributed by atoms with van der Waals surface area (Å²) in [7, 11) is -3.24. The first kappa shape index (κ1) is 25.3. The molecule has 0 radical (unpaired) electrons. The van der Waals surface area contributed by atoms with E-state index in [4.69, 9.17) is 27.9 Å². The van der Waals surface area contributed by atoms with Gasteiger partial charge in [0.15, 0.2) is 9.84 Å². The average molecular weight is 505 g/mol. The summed E-state index contributed by atoms with van der Waals surface area (Å²) in [5.41, 5.74) is 1.94. The molecule has 4 nitrogen and oxygen atoms in total. The van der Waals surface area contributed by atoms with Crippen molar-refractivity contribution in [3.05, 3.63) is 93.5 Å². The average Bonchev–Trinajstić information content (AvgIpc) is 2.77. The third kappa shape index (κ3) is 6.59. The van der Waals surface area contributed by atoms with E-state index >= 15 is 0 Å². The Balaban J connectivity index is 1.61. The lowest BCUT2D eigenvalue weighted by Crippen LogP contribution is -2.25. The standard InChI is InChI=1S/C26H26Cl2O4S/c1-4-33(30,31)23-12-7-19(8-13-23)16-21(29)15-18-5-10-22(11-6-18)32-26(2,3)20-9-14-24(27)25(28)17-20/h5-14,17H,4,15-16H2,1-3H3. The molecule has 3 aromatic rings. The number of rotatable bonds is 9. The summed E-state index contributed by atoms with van der Waals surface area (Å²) in [6, 6.07) is 19.3. The molecule has 0 atom stereocenters. The largest absolute Gasteiger partial charge is 0.483 e. The first-order valence-corrected chi connectivity index (χ1v) is 13.0. The van der Waals surface area contributed by atoms with Crippen molar-refractivity contribution in [1.29, 1.82) is 0 Å². The molecular weight excluding hydrogens is 479 g/mol. The summed E-state index contributed by atoms with van der Waals surface area (Å²) in [5, 5.41) is 0.966. The summed E-state index contributed by atoms with van der Waals surface area (Å²) in [6.07, 6.45) is 0.528. The van der Waals surface area contributed by atoms with Crippen LogP contribution in [0, 0.1) is 0 Å². The van der Waals surface area contributed by atoms with Crippen LogP contribution in [0.25, 0.3) is 0 Å². The smallest absolute Gasteiger partial charge is 0.178 e. The molecule has 0 aliphatic rings. The second-order valence-electron chi connectivity index (χ2n) is 8.32. The van der Waals surface area contributed by atoms with E-state index in [0.29, 0.717) is 15.8 Å². The molecule has 33 heavy (non-hydrogen) atoms. The van der Waals surface area contributed by atoms with Crippen molar-refractivity contribution in [3.63, 3.8) is 0 Å². The number of carbonyl (C=O) groups is 1. The molecule has 0 saturated carbocycles. The van der Waals surface area contributed by atoms with Crippen molar-refractivity contribution >= 4 is 38.8 Å². The number of halogens is 2. The molecule has 0 bridgehead atoms. The highest BCUT2D eigenvalue weighted by molar-refractivity contribution is 7.91. The van der Waals surface area contributed by atoms with Crippen LogP contribution in [-0.2, 0) is 33.1 Å². The van der Waals surface area contributed by atoms with Gasteiger partial charge in [-0.15, -0.1) is 0 Å². The number of ketones is 1. The van der Waals surface area contributed by atoms with Gasteiger partial charge in [-0.25, -0.2) is 8.42 Å². The quantitative estimate of drug-likeness (QED) is 0.335. The Morgan fingerprint density at radius 3 is 1.91 bits per heavy atom. The monoisotopic (exact) mass is 504 g/mol. The number of hydrogen-bond donors (Lipinski definition) is 0. The number of carbonyl (C=O) groups excluding carboxylic acids is 1. The maximum atomic E-state index is 12.5. The molecule has 7 heteroatoms. The number of benzene rings is 3. The summed E-state index contributed by atoms with van der Waals surface area (Å²) in [5.74, 6) is 0.774. The second kappa shape index (κ2) is 10.3. The molecule has 3 aromatic carbocycles.